The van der Waals surface area contributed by atoms with Crippen LogP contribution in [0.5, 0.6) is 0 Å². The summed E-state index contributed by atoms with van der Waals surface area (Å²) in [6.45, 7) is 1.94. The van der Waals surface area contributed by atoms with Gasteiger partial charge in [-0.1, -0.05) is 13.0 Å². The Morgan fingerprint density at radius 3 is 2.62 bits per heavy atom. The Morgan fingerprint density at radius 1 is 1.38 bits per heavy atom. The smallest absolute Gasteiger partial charge is 0.384 e. The molecule has 0 atom stereocenters. The molecule has 0 bridgehead atoms. The lowest BCUT2D eigenvalue weighted by Crippen LogP contribution is -2.17. The number of aromatic nitrogens is 2. The van der Waals surface area contributed by atoms with Crippen LogP contribution in [0.4, 0.5) is 13.2 Å². The molecule has 0 amide bonds. The third kappa shape index (κ3) is 3.21. The van der Waals surface area contributed by atoms with E-state index < -0.39 is 11.9 Å². The number of hydrogen-bond acceptors (Lipinski definition) is 3. The number of nitrogens with one attached hydrogen (secondary N) is 1. The summed E-state index contributed by atoms with van der Waals surface area (Å²) in [5, 5.41) is 11.2. The number of amidine groups is 1. The second-order valence-electron chi connectivity index (χ2n) is 4.14. The summed E-state index contributed by atoms with van der Waals surface area (Å²) in [7, 11) is 0. The molecule has 0 unspecified atom stereocenters. The number of alkyl halides is 3. The summed E-state index contributed by atoms with van der Waals surface area (Å²) in [6.07, 6.45) is -3.29. The fourth-order valence-corrected chi connectivity index (χ4v) is 2.71. The number of nitrogens with zero attached hydrogens (tertiary/aromatic N) is 2. The molecule has 1 aromatic carbocycles. The molecule has 1 heterocycles. The van der Waals surface area contributed by atoms with E-state index >= 15 is 0 Å². The van der Waals surface area contributed by atoms with Gasteiger partial charge in [0.25, 0.3) is 0 Å². The topological polar surface area (TPSA) is 67.7 Å². The highest BCUT2D eigenvalue weighted by atomic mass is 32.2. The lowest BCUT2D eigenvalue weighted by atomic mass is 10.1. The predicted molar refractivity (Wildman–Crippen MR) is 76.0 cm³/mol. The van der Waals surface area contributed by atoms with Crippen molar-refractivity contribution < 1.29 is 13.2 Å². The van der Waals surface area contributed by atoms with Crippen molar-refractivity contribution in [3.63, 3.8) is 0 Å². The second-order valence-corrected chi connectivity index (χ2v) is 5.45. The van der Waals surface area contributed by atoms with Crippen molar-refractivity contribution in [1.29, 1.82) is 5.41 Å². The Morgan fingerprint density at radius 2 is 2.10 bits per heavy atom. The molecule has 3 N–H and O–H groups in total. The molecule has 2 aromatic rings. The van der Waals surface area contributed by atoms with Crippen LogP contribution in [0.25, 0.3) is 5.69 Å². The molecule has 0 aliphatic rings. The first kappa shape index (κ1) is 15.4. The average molecular weight is 314 g/mol. The maximum Gasteiger partial charge on any atom is 0.435 e. The molecule has 0 spiro atoms. The van der Waals surface area contributed by atoms with Gasteiger partial charge in [0.05, 0.1) is 11.3 Å². The largest absolute Gasteiger partial charge is 0.435 e. The van der Waals surface area contributed by atoms with Crippen molar-refractivity contribution in [3.8, 4) is 5.69 Å². The third-order valence-electron chi connectivity index (χ3n) is 2.70. The molecule has 1 aromatic heterocycles. The van der Waals surface area contributed by atoms with Crippen LogP contribution in [0.15, 0.2) is 35.4 Å². The monoisotopic (exact) mass is 314 g/mol. The SMILES string of the molecule is CCSc1cccc(-n2ccc(C(F)(F)F)n2)c1C(=N)N. The number of nitrogens with two attached hydrogens (primary N) is 1. The number of rotatable bonds is 4. The molecule has 0 aliphatic carbocycles. The molecular formula is C13H13F3N4S. The minimum atomic E-state index is -4.50. The van der Waals surface area contributed by atoms with E-state index in [9.17, 15) is 13.2 Å². The lowest BCUT2D eigenvalue weighted by molar-refractivity contribution is -0.141. The first-order valence-corrected chi connectivity index (χ1v) is 7.06. The van der Waals surface area contributed by atoms with E-state index in [2.05, 4.69) is 5.10 Å². The van der Waals surface area contributed by atoms with Crippen LogP contribution in [0.2, 0.25) is 0 Å². The van der Waals surface area contributed by atoms with Gasteiger partial charge in [-0.3, -0.25) is 5.41 Å². The van der Waals surface area contributed by atoms with Crippen molar-refractivity contribution in [1.82, 2.24) is 9.78 Å². The van der Waals surface area contributed by atoms with Crippen LogP contribution >= 0.6 is 11.8 Å². The quantitative estimate of drug-likeness (QED) is 0.517. The minimum Gasteiger partial charge on any atom is -0.384 e. The lowest BCUT2D eigenvalue weighted by Gasteiger charge is -2.13. The Balaban J connectivity index is 2.56. The molecule has 4 nitrogen and oxygen atoms in total. The van der Waals surface area contributed by atoms with Gasteiger partial charge >= 0.3 is 6.18 Å². The summed E-state index contributed by atoms with van der Waals surface area (Å²) in [6, 6.07) is 5.96. The summed E-state index contributed by atoms with van der Waals surface area (Å²) in [5.74, 6) is 0.557. The molecule has 8 heteroatoms. The maximum atomic E-state index is 12.6. The normalized spacial score (nSPS) is 11.6. The minimum absolute atomic E-state index is 0.203. The predicted octanol–water partition coefficient (Wildman–Crippen LogP) is 3.29. The number of nitrogen functional groups attached to an aromatic ring is 1. The molecule has 0 radical (unpaired) electrons. The van der Waals surface area contributed by atoms with Crippen molar-refractivity contribution in [2.45, 2.75) is 18.0 Å². The molecule has 112 valence electrons. The van der Waals surface area contributed by atoms with Crippen molar-refractivity contribution in [2.75, 3.05) is 5.75 Å². The molecule has 0 saturated heterocycles. The zero-order chi connectivity index (χ0) is 15.6. The van der Waals surface area contributed by atoms with E-state index in [1.54, 1.807) is 18.2 Å². The Labute approximate surface area is 123 Å². The van der Waals surface area contributed by atoms with Crippen LogP contribution in [-0.2, 0) is 6.18 Å². The van der Waals surface area contributed by atoms with E-state index in [4.69, 9.17) is 11.1 Å². The fraction of sp³-hybridized carbons (Fsp3) is 0.231. The van der Waals surface area contributed by atoms with Gasteiger partial charge in [-0.2, -0.15) is 18.3 Å². The van der Waals surface area contributed by atoms with Crippen molar-refractivity contribution in [3.05, 3.63) is 41.7 Å². The van der Waals surface area contributed by atoms with E-state index in [-0.39, 0.29) is 5.84 Å². The standard InChI is InChI=1S/C13H13F3N4S/c1-2-21-9-5-3-4-8(11(9)12(17)18)20-7-6-10(19-20)13(14,15)16/h3-7H,2H2,1H3,(H3,17,18). The molecule has 21 heavy (non-hydrogen) atoms. The number of benzene rings is 1. The van der Waals surface area contributed by atoms with Crippen LogP contribution in [0.1, 0.15) is 18.2 Å². The highest BCUT2D eigenvalue weighted by molar-refractivity contribution is 7.99. The van der Waals surface area contributed by atoms with Gasteiger partial charge in [-0.25, -0.2) is 4.68 Å². The average Bonchev–Trinajstić information content (AvgIpc) is 2.87. The highest BCUT2D eigenvalue weighted by Crippen LogP contribution is 2.30. The molecular weight excluding hydrogens is 301 g/mol. The Kier molecular flexibility index (Phi) is 4.26. The van der Waals surface area contributed by atoms with Gasteiger partial charge in [0.1, 0.15) is 5.84 Å². The van der Waals surface area contributed by atoms with Gasteiger partial charge in [0.2, 0.25) is 0 Å². The fourth-order valence-electron chi connectivity index (χ4n) is 1.87. The summed E-state index contributed by atoms with van der Waals surface area (Å²) in [4.78, 5) is 0.742. The van der Waals surface area contributed by atoms with Crippen molar-refractivity contribution >= 4 is 17.6 Å². The molecule has 0 saturated carbocycles. The highest BCUT2D eigenvalue weighted by Gasteiger charge is 2.33. The van der Waals surface area contributed by atoms with Gasteiger partial charge < -0.3 is 5.73 Å². The summed E-state index contributed by atoms with van der Waals surface area (Å²) < 4.78 is 39.0. The summed E-state index contributed by atoms with van der Waals surface area (Å²) >= 11 is 1.47. The van der Waals surface area contributed by atoms with E-state index in [1.165, 1.54) is 18.0 Å². The van der Waals surface area contributed by atoms with Crippen LogP contribution in [-0.4, -0.2) is 21.4 Å². The zero-order valence-electron chi connectivity index (χ0n) is 11.1. The molecule has 0 aliphatic heterocycles. The molecule has 0 fully saturated rings. The Bertz CT molecular complexity index is 664. The number of thioether (sulfide) groups is 1. The third-order valence-corrected chi connectivity index (χ3v) is 3.64. The molecule has 2 rings (SSSR count). The van der Waals surface area contributed by atoms with Crippen LogP contribution in [0.3, 0.4) is 0 Å². The first-order chi connectivity index (χ1) is 9.84. The van der Waals surface area contributed by atoms with Gasteiger partial charge in [0.15, 0.2) is 5.69 Å². The van der Waals surface area contributed by atoms with E-state index in [1.807, 2.05) is 6.92 Å². The van der Waals surface area contributed by atoms with Gasteiger partial charge in [-0.15, -0.1) is 11.8 Å². The van der Waals surface area contributed by atoms with E-state index in [0.29, 0.717) is 11.3 Å². The van der Waals surface area contributed by atoms with Gasteiger partial charge in [-0.05, 0) is 24.0 Å². The zero-order valence-corrected chi connectivity index (χ0v) is 11.9. The number of hydrogen-bond donors (Lipinski definition) is 2. The van der Waals surface area contributed by atoms with E-state index in [0.717, 1.165) is 21.4 Å². The van der Waals surface area contributed by atoms with Crippen LogP contribution in [0, 0.1) is 5.41 Å². The second kappa shape index (κ2) is 5.80. The Hall–Kier alpha value is -1.96. The first-order valence-electron chi connectivity index (χ1n) is 6.08. The number of halogens is 3. The van der Waals surface area contributed by atoms with Gasteiger partial charge in [0, 0.05) is 11.1 Å². The van der Waals surface area contributed by atoms with Crippen LogP contribution < -0.4 is 5.73 Å². The van der Waals surface area contributed by atoms with Crippen molar-refractivity contribution in [2.24, 2.45) is 5.73 Å². The summed E-state index contributed by atoms with van der Waals surface area (Å²) in [5.41, 5.74) is 5.35. The maximum absolute atomic E-state index is 12.6.